The molecule has 0 saturated carbocycles. The largest absolute Gasteiger partial charge is 0.341 e. The smallest absolute Gasteiger partial charge is 0.245 e. The number of hydrogen-bond donors (Lipinski definition) is 1. The minimum Gasteiger partial charge on any atom is -0.341 e. The summed E-state index contributed by atoms with van der Waals surface area (Å²) in [5.74, 6) is 0.0906. The quantitative estimate of drug-likeness (QED) is 0.857. The van der Waals surface area contributed by atoms with E-state index in [-0.39, 0.29) is 11.9 Å². The third kappa shape index (κ3) is 3.08. The van der Waals surface area contributed by atoms with Gasteiger partial charge < -0.3 is 14.5 Å². The maximum Gasteiger partial charge on any atom is 0.245 e. The van der Waals surface area contributed by atoms with Crippen molar-refractivity contribution in [1.82, 2.24) is 14.5 Å². The summed E-state index contributed by atoms with van der Waals surface area (Å²) in [5, 5.41) is 0. The zero-order valence-corrected chi connectivity index (χ0v) is 13.5. The van der Waals surface area contributed by atoms with E-state index in [2.05, 4.69) is 4.98 Å². The average molecular weight is 303 g/mol. The molecule has 5 heteroatoms. The monoisotopic (exact) mass is 303 g/mol. The molecule has 1 N–H and O–H groups in total. The predicted octanol–water partition coefficient (Wildman–Crippen LogP) is 3.64. The summed E-state index contributed by atoms with van der Waals surface area (Å²) in [5.41, 5.74) is 1.98. The zero-order chi connectivity index (χ0) is 15.4. The number of hydrogen-bond acceptors (Lipinski definition) is 2. The fourth-order valence-electron chi connectivity index (χ4n) is 2.50. The summed E-state index contributed by atoms with van der Waals surface area (Å²) in [7, 11) is 0. The van der Waals surface area contributed by atoms with E-state index < -0.39 is 0 Å². The van der Waals surface area contributed by atoms with Crippen molar-refractivity contribution in [2.75, 3.05) is 13.1 Å². The van der Waals surface area contributed by atoms with Crippen molar-refractivity contribution in [1.29, 1.82) is 0 Å². The first-order valence-electron chi connectivity index (χ1n) is 7.24. The standard InChI is InChI=1S/C16H21N3OS/c1-4-18(5-2)15(20)12(3)19-14(11-17-16(19)21)13-9-7-6-8-10-13/h6-12H,4-5H2,1-3H3,(H,17,21). The lowest BCUT2D eigenvalue weighted by molar-refractivity contribution is -0.133. The Morgan fingerprint density at radius 3 is 2.48 bits per heavy atom. The van der Waals surface area contributed by atoms with Crippen molar-refractivity contribution in [2.45, 2.75) is 26.8 Å². The number of nitrogens with zero attached hydrogens (tertiary/aromatic N) is 2. The van der Waals surface area contributed by atoms with Crippen LogP contribution in [0.3, 0.4) is 0 Å². The third-order valence-electron chi connectivity index (χ3n) is 3.70. The summed E-state index contributed by atoms with van der Waals surface area (Å²) in [4.78, 5) is 17.5. The van der Waals surface area contributed by atoms with Crippen molar-refractivity contribution in [3.63, 3.8) is 0 Å². The summed E-state index contributed by atoms with van der Waals surface area (Å²) < 4.78 is 2.47. The molecule has 1 aromatic carbocycles. The topological polar surface area (TPSA) is 41.0 Å². The first-order chi connectivity index (χ1) is 10.1. The molecule has 1 atom stereocenters. The van der Waals surface area contributed by atoms with Crippen LogP contribution in [0, 0.1) is 4.77 Å². The second-order valence-electron chi connectivity index (χ2n) is 4.90. The van der Waals surface area contributed by atoms with Crippen LogP contribution >= 0.6 is 12.2 Å². The van der Waals surface area contributed by atoms with Gasteiger partial charge in [-0.1, -0.05) is 30.3 Å². The second kappa shape index (κ2) is 6.72. The van der Waals surface area contributed by atoms with Gasteiger partial charge in [-0.2, -0.15) is 0 Å². The molecule has 112 valence electrons. The molecule has 4 nitrogen and oxygen atoms in total. The van der Waals surface area contributed by atoms with E-state index in [1.807, 2.05) is 66.8 Å². The maximum absolute atomic E-state index is 12.6. The van der Waals surface area contributed by atoms with Crippen LogP contribution in [0.15, 0.2) is 36.5 Å². The van der Waals surface area contributed by atoms with Gasteiger partial charge in [0.25, 0.3) is 0 Å². The molecule has 0 spiro atoms. The summed E-state index contributed by atoms with van der Waals surface area (Å²) in [6.07, 6.45) is 1.86. The van der Waals surface area contributed by atoms with Gasteiger partial charge in [-0.25, -0.2) is 0 Å². The number of imidazole rings is 1. The fraction of sp³-hybridized carbons (Fsp3) is 0.375. The molecule has 21 heavy (non-hydrogen) atoms. The predicted molar refractivity (Wildman–Crippen MR) is 87.7 cm³/mol. The van der Waals surface area contributed by atoms with Crippen LogP contribution in [0.4, 0.5) is 0 Å². The van der Waals surface area contributed by atoms with Crippen molar-refractivity contribution >= 4 is 18.1 Å². The molecule has 0 aliphatic rings. The molecule has 0 saturated heterocycles. The first-order valence-corrected chi connectivity index (χ1v) is 7.65. The molecule has 1 aromatic heterocycles. The van der Waals surface area contributed by atoms with Gasteiger partial charge in [0, 0.05) is 19.3 Å². The lowest BCUT2D eigenvalue weighted by atomic mass is 10.1. The van der Waals surface area contributed by atoms with E-state index in [9.17, 15) is 4.79 Å². The number of carbonyl (C=O) groups is 1. The van der Waals surface area contributed by atoms with Crippen LogP contribution in [-0.4, -0.2) is 33.4 Å². The van der Waals surface area contributed by atoms with Crippen molar-refractivity contribution in [3.8, 4) is 11.3 Å². The van der Waals surface area contributed by atoms with Crippen molar-refractivity contribution < 1.29 is 4.79 Å². The van der Waals surface area contributed by atoms with E-state index in [4.69, 9.17) is 12.2 Å². The Morgan fingerprint density at radius 1 is 1.29 bits per heavy atom. The van der Waals surface area contributed by atoms with Gasteiger partial charge in [0.2, 0.25) is 5.91 Å². The molecule has 1 amide bonds. The van der Waals surface area contributed by atoms with Gasteiger partial charge in [0.05, 0.1) is 5.69 Å². The molecule has 2 aromatic rings. The average Bonchev–Trinajstić information content (AvgIpc) is 2.90. The molecule has 0 aliphatic carbocycles. The molecule has 0 fully saturated rings. The van der Waals surface area contributed by atoms with Gasteiger partial charge >= 0.3 is 0 Å². The van der Waals surface area contributed by atoms with Crippen molar-refractivity contribution in [2.24, 2.45) is 0 Å². The van der Waals surface area contributed by atoms with Crippen molar-refractivity contribution in [3.05, 3.63) is 41.3 Å². The number of aromatic nitrogens is 2. The molecule has 2 rings (SSSR count). The fourth-order valence-corrected chi connectivity index (χ4v) is 2.82. The molecule has 0 radical (unpaired) electrons. The molecule has 0 aliphatic heterocycles. The van der Waals surface area contributed by atoms with Crippen LogP contribution < -0.4 is 0 Å². The number of rotatable bonds is 5. The molecule has 0 bridgehead atoms. The maximum atomic E-state index is 12.6. The Hall–Kier alpha value is -1.88. The molecule has 1 heterocycles. The number of aromatic amines is 1. The number of benzene rings is 1. The lowest BCUT2D eigenvalue weighted by Crippen LogP contribution is -2.36. The van der Waals surface area contributed by atoms with Crippen LogP contribution in [-0.2, 0) is 4.79 Å². The van der Waals surface area contributed by atoms with E-state index in [0.717, 1.165) is 11.3 Å². The number of H-pyrrole nitrogens is 1. The lowest BCUT2D eigenvalue weighted by Gasteiger charge is -2.24. The Labute approximate surface area is 130 Å². The highest BCUT2D eigenvalue weighted by molar-refractivity contribution is 7.71. The SMILES string of the molecule is CCN(CC)C(=O)C(C)n1c(-c2ccccc2)c[nH]c1=S. The van der Waals surface area contributed by atoms with Gasteiger partial charge in [-0.3, -0.25) is 4.79 Å². The van der Waals surface area contributed by atoms with Crippen LogP contribution in [0.2, 0.25) is 0 Å². The number of amides is 1. The normalized spacial score (nSPS) is 12.1. The van der Waals surface area contributed by atoms with Gasteiger partial charge in [0.1, 0.15) is 6.04 Å². The minimum atomic E-state index is -0.321. The Kier molecular flexibility index (Phi) is 4.96. The van der Waals surface area contributed by atoms with Gasteiger partial charge in [-0.05, 0) is 38.6 Å². The Bertz CT molecular complexity index is 656. The van der Waals surface area contributed by atoms with E-state index in [0.29, 0.717) is 17.9 Å². The van der Waals surface area contributed by atoms with Gasteiger partial charge in [0.15, 0.2) is 4.77 Å². The number of carbonyl (C=O) groups excluding carboxylic acids is 1. The first kappa shape index (κ1) is 15.5. The summed E-state index contributed by atoms with van der Waals surface area (Å²) >= 11 is 5.36. The summed E-state index contributed by atoms with van der Waals surface area (Å²) in [6.45, 7) is 7.29. The van der Waals surface area contributed by atoms with E-state index >= 15 is 0 Å². The minimum absolute atomic E-state index is 0.0906. The Balaban J connectivity index is 2.43. The van der Waals surface area contributed by atoms with Crippen LogP contribution in [0.1, 0.15) is 26.8 Å². The van der Waals surface area contributed by atoms with Crippen LogP contribution in [0.5, 0.6) is 0 Å². The highest BCUT2D eigenvalue weighted by Gasteiger charge is 2.22. The molecular weight excluding hydrogens is 282 g/mol. The summed E-state index contributed by atoms with van der Waals surface area (Å²) in [6, 6.07) is 9.64. The van der Waals surface area contributed by atoms with E-state index in [1.165, 1.54) is 0 Å². The second-order valence-corrected chi connectivity index (χ2v) is 5.29. The Morgan fingerprint density at radius 2 is 1.90 bits per heavy atom. The zero-order valence-electron chi connectivity index (χ0n) is 12.7. The highest BCUT2D eigenvalue weighted by atomic mass is 32.1. The molecular formula is C16H21N3OS. The van der Waals surface area contributed by atoms with E-state index in [1.54, 1.807) is 0 Å². The number of likely N-dealkylation sites (N-methyl/N-ethyl adjacent to an activating group) is 1. The highest BCUT2D eigenvalue weighted by Crippen LogP contribution is 2.24. The van der Waals surface area contributed by atoms with Crippen LogP contribution in [0.25, 0.3) is 11.3 Å². The number of nitrogens with one attached hydrogen (secondary N) is 1. The molecule has 1 unspecified atom stereocenters. The van der Waals surface area contributed by atoms with Gasteiger partial charge in [-0.15, -0.1) is 0 Å². The third-order valence-corrected chi connectivity index (χ3v) is 4.01.